The fourth-order valence-corrected chi connectivity index (χ4v) is 1.59. The molecule has 4 nitrogen and oxygen atoms in total. The Morgan fingerprint density at radius 1 is 1.35 bits per heavy atom. The number of carbonyl (C=O) groups is 2. The minimum Gasteiger partial charge on any atom is -0.480 e. The predicted molar refractivity (Wildman–Crippen MR) is 68.5 cm³/mol. The van der Waals surface area contributed by atoms with Gasteiger partial charge in [0.05, 0.1) is 0 Å². The number of carboxylic acid groups (broad SMARTS) is 1. The number of carbonyl (C=O) groups excluding carboxylic acids is 1. The molecule has 0 aliphatic rings. The van der Waals surface area contributed by atoms with Crippen LogP contribution in [-0.4, -0.2) is 28.8 Å². The minimum absolute atomic E-state index is 0.302. The van der Waals surface area contributed by atoms with Gasteiger partial charge >= 0.3 is 5.97 Å². The Labute approximate surface area is 105 Å². The molecule has 1 aromatic carbocycles. The standard InChI is InChI=1S/C12H15NO3S/c1-8-2-4-9(5-3-8)11(14)13-10(6-7-17)12(15)16/h2-5,10,17H,6-7H2,1H3,(H,13,14)(H,15,16)/t10-/m0/s1. The third kappa shape index (κ3) is 4.11. The van der Waals surface area contributed by atoms with Crippen molar-refractivity contribution in [3.63, 3.8) is 0 Å². The van der Waals surface area contributed by atoms with Crippen molar-refractivity contribution >= 4 is 24.5 Å². The van der Waals surface area contributed by atoms with E-state index in [-0.39, 0.29) is 5.91 Å². The zero-order valence-corrected chi connectivity index (χ0v) is 10.4. The van der Waals surface area contributed by atoms with E-state index >= 15 is 0 Å². The summed E-state index contributed by atoms with van der Waals surface area (Å²) in [5.74, 6) is -1.01. The second-order valence-electron chi connectivity index (χ2n) is 3.74. The molecule has 0 aromatic heterocycles. The summed E-state index contributed by atoms with van der Waals surface area (Å²) in [5.41, 5.74) is 1.51. The van der Waals surface area contributed by atoms with Crippen LogP contribution in [0.2, 0.25) is 0 Å². The normalized spacial score (nSPS) is 11.9. The average Bonchev–Trinajstić information content (AvgIpc) is 2.29. The Morgan fingerprint density at radius 3 is 2.41 bits per heavy atom. The molecule has 0 unspecified atom stereocenters. The summed E-state index contributed by atoms with van der Waals surface area (Å²) in [6.45, 7) is 1.92. The number of nitrogens with one attached hydrogen (secondary N) is 1. The molecule has 0 aliphatic carbocycles. The Hall–Kier alpha value is -1.49. The van der Waals surface area contributed by atoms with Crippen LogP contribution in [-0.2, 0) is 4.79 Å². The molecule has 1 atom stereocenters. The van der Waals surface area contributed by atoms with Crippen LogP contribution >= 0.6 is 12.6 Å². The van der Waals surface area contributed by atoms with Gasteiger partial charge in [-0.2, -0.15) is 12.6 Å². The first kappa shape index (κ1) is 13.6. The summed E-state index contributed by atoms with van der Waals surface area (Å²) >= 11 is 3.96. The van der Waals surface area contributed by atoms with Crippen molar-refractivity contribution in [2.45, 2.75) is 19.4 Å². The van der Waals surface area contributed by atoms with Gasteiger partial charge in [-0.1, -0.05) is 17.7 Å². The molecular formula is C12H15NO3S. The molecule has 0 fully saturated rings. The van der Waals surface area contributed by atoms with E-state index in [1.54, 1.807) is 12.1 Å². The summed E-state index contributed by atoms with van der Waals surface area (Å²) in [6, 6.07) is 6.07. The van der Waals surface area contributed by atoms with Crippen molar-refractivity contribution in [3.8, 4) is 0 Å². The van der Waals surface area contributed by atoms with Crippen LogP contribution in [0.25, 0.3) is 0 Å². The summed E-state index contributed by atoms with van der Waals surface area (Å²) in [5, 5.41) is 11.4. The van der Waals surface area contributed by atoms with Gasteiger partial charge in [-0.3, -0.25) is 4.79 Å². The van der Waals surface area contributed by atoms with Crippen molar-refractivity contribution < 1.29 is 14.7 Å². The number of carboxylic acids is 1. The molecule has 17 heavy (non-hydrogen) atoms. The van der Waals surface area contributed by atoms with Crippen molar-refractivity contribution in [2.24, 2.45) is 0 Å². The molecule has 5 heteroatoms. The zero-order valence-electron chi connectivity index (χ0n) is 9.51. The summed E-state index contributed by atoms with van der Waals surface area (Å²) in [4.78, 5) is 22.6. The van der Waals surface area contributed by atoms with Crippen LogP contribution in [0, 0.1) is 6.92 Å². The van der Waals surface area contributed by atoms with Gasteiger partial charge in [-0.25, -0.2) is 4.79 Å². The maximum absolute atomic E-state index is 11.7. The fraction of sp³-hybridized carbons (Fsp3) is 0.333. The Morgan fingerprint density at radius 2 is 1.94 bits per heavy atom. The summed E-state index contributed by atoms with van der Waals surface area (Å²) < 4.78 is 0. The molecule has 1 aromatic rings. The van der Waals surface area contributed by atoms with Crippen molar-refractivity contribution in [3.05, 3.63) is 35.4 Å². The van der Waals surface area contributed by atoms with E-state index in [2.05, 4.69) is 17.9 Å². The van der Waals surface area contributed by atoms with Gasteiger partial charge in [-0.15, -0.1) is 0 Å². The SMILES string of the molecule is Cc1ccc(C(=O)N[C@@H](CCS)C(=O)O)cc1. The first-order valence-electron chi connectivity index (χ1n) is 5.26. The lowest BCUT2D eigenvalue weighted by Gasteiger charge is -2.13. The average molecular weight is 253 g/mol. The molecule has 92 valence electrons. The van der Waals surface area contributed by atoms with E-state index in [1.807, 2.05) is 19.1 Å². The number of amides is 1. The lowest BCUT2D eigenvalue weighted by molar-refractivity contribution is -0.139. The number of rotatable bonds is 5. The van der Waals surface area contributed by atoms with E-state index in [1.165, 1.54) is 0 Å². The second kappa shape index (κ2) is 6.30. The summed E-state index contributed by atoms with van der Waals surface area (Å²) in [7, 11) is 0. The number of hydrogen-bond acceptors (Lipinski definition) is 3. The second-order valence-corrected chi connectivity index (χ2v) is 4.19. The van der Waals surface area contributed by atoms with Gasteiger partial charge in [0.1, 0.15) is 6.04 Å². The molecule has 1 rings (SSSR count). The maximum Gasteiger partial charge on any atom is 0.326 e. The monoisotopic (exact) mass is 253 g/mol. The van der Waals surface area contributed by atoms with E-state index in [4.69, 9.17) is 5.11 Å². The highest BCUT2D eigenvalue weighted by molar-refractivity contribution is 7.80. The first-order valence-corrected chi connectivity index (χ1v) is 5.89. The summed E-state index contributed by atoms with van der Waals surface area (Å²) in [6.07, 6.45) is 0.302. The third-order valence-corrected chi connectivity index (χ3v) is 2.59. The van der Waals surface area contributed by atoms with Crippen molar-refractivity contribution in [1.82, 2.24) is 5.32 Å². The lowest BCUT2D eigenvalue weighted by Crippen LogP contribution is -2.41. The molecule has 0 heterocycles. The topological polar surface area (TPSA) is 66.4 Å². The molecule has 2 N–H and O–H groups in total. The van der Waals surface area contributed by atoms with E-state index < -0.39 is 12.0 Å². The highest BCUT2D eigenvalue weighted by atomic mass is 32.1. The minimum atomic E-state index is -1.04. The smallest absolute Gasteiger partial charge is 0.326 e. The van der Waals surface area contributed by atoms with E-state index in [0.717, 1.165) is 5.56 Å². The van der Waals surface area contributed by atoms with E-state index in [0.29, 0.717) is 17.7 Å². The van der Waals surface area contributed by atoms with Gasteiger partial charge in [0, 0.05) is 5.56 Å². The van der Waals surface area contributed by atoms with Crippen LogP contribution in [0.5, 0.6) is 0 Å². The fourth-order valence-electron chi connectivity index (χ4n) is 1.33. The highest BCUT2D eigenvalue weighted by Gasteiger charge is 2.19. The molecule has 0 saturated carbocycles. The van der Waals surface area contributed by atoms with Gasteiger partial charge in [0.2, 0.25) is 0 Å². The molecule has 0 radical (unpaired) electrons. The number of aryl methyl sites for hydroxylation is 1. The van der Waals surface area contributed by atoms with Crippen molar-refractivity contribution in [1.29, 1.82) is 0 Å². The van der Waals surface area contributed by atoms with Gasteiger partial charge in [0.25, 0.3) is 5.91 Å². The Bertz CT molecular complexity index is 403. The van der Waals surface area contributed by atoms with Crippen LogP contribution in [0.4, 0.5) is 0 Å². The zero-order chi connectivity index (χ0) is 12.8. The lowest BCUT2D eigenvalue weighted by atomic mass is 10.1. The highest BCUT2D eigenvalue weighted by Crippen LogP contribution is 2.04. The number of benzene rings is 1. The first-order chi connectivity index (χ1) is 8.04. The Balaban J connectivity index is 2.70. The molecule has 0 bridgehead atoms. The number of thiol groups is 1. The largest absolute Gasteiger partial charge is 0.480 e. The molecule has 1 amide bonds. The van der Waals surface area contributed by atoms with Crippen molar-refractivity contribution in [2.75, 3.05) is 5.75 Å². The molecule has 0 aliphatic heterocycles. The maximum atomic E-state index is 11.7. The molecule has 0 saturated heterocycles. The number of hydrogen-bond donors (Lipinski definition) is 3. The van der Waals surface area contributed by atoms with Crippen LogP contribution in [0.3, 0.4) is 0 Å². The molecule has 0 spiro atoms. The number of aliphatic carboxylic acids is 1. The van der Waals surface area contributed by atoms with Crippen LogP contribution in [0.1, 0.15) is 22.3 Å². The van der Waals surface area contributed by atoms with Gasteiger partial charge < -0.3 is 10.4 Å². The Kier molecular flexibility index (Phi) is 5.03. The molecular weight excluding hydrogens is 238 g/mol. The van der Waals surface area contributed by atoms with Gasteiger partial charge in [0.15, 0.2) is 0 Å². The predicted octanol–water partition coefficient (Wildman–Crippen LogP) is 1.50. The van der Waals surface area contributed by atoms with Gasteiger partial charge in [-0.05, 0) is 31.2 Å². The quantitative estimate of drug-likeness (QED) is 0.697. The third-order valence-electron chi connectivity index (χ3n) is 2.33. The van der Waals surface area contributed by atoms with Crippen LogP contribution < -0.4 is 5.32 Å². The van der Waals surface area contributed by atoms with E-state index in [9.17, 15) is 9.59 Å². The van der Waals surface area contributed by atoms with Crippen LogP contribution in [0.15, 0.2) is 24.3 Å².